The van der Waals surface area contributed by atoms with Crippen LogP contribution in [0.25, 0.3) is 0 Å². The lowest BCUT2D eigenvalue weighted by atomic mass is 10.2. The van der Waals surface area contributed by atoms with Gasteiger partial charge in [0.1, 0.15) is 0 Å². The summed E-state index contributed by atoms with van der Waals surface area (Å²) in [5.74, 6) is 0. The standard InChI is InChI=1S/C6H22N6O2P2S4/c7-17-15(13,18-8)11-5-3-1-2-4-6-12-16(14,19-9)20-10/h1-10H2,(H,11,13)(H,12,14). The molecule has 0 aromatic carbocycles. The van der Waals surface area contributed by atoms with Crippen molar-refractivity contribution in [3.63, 3.8) is 0 Å². The molecule has 0 aliphatic heterocycles. The zero-order chi connectivity index (χ0) is 15.5. The molecular formula is C6H22N6O2P2S4. The summed E-state index contributed by atoms with van der Waals surface area (Å²) in [7, 11) is 0. The van der Waals surface area contributed by atoms with Crippen molar-refractivity contribution in [2.75, 3.05) is 13.1 Å². The maximum Gasteiger partial charge on any atom is 0.283 e. The van der Waals surface area contributed by atoms with Gasteiger partial charge in [-0.1, -0.05) is 12.8 Å². The third-order valence-corrected chi connectivity index (χ3v) is 12.6. The van der Waals surface area contributed by atoms with Crippen LogP contribution in [0, 0.1) is 0 Å². The molecule has 0 saturated carbocycles. The van der Waals surface area contributed by atoms with Gasteiger partial charge in [-0.15, -0.1) is 0 Å². The van der Waals surface area contributed by atoms with Crippen LogP contribution in [0.4, 0.5) is 0 Å². The predicted molar refractivity (Wildman–Crippen MR) is 96.8 cm³/mol. The lowest BCUT2D eigenvalue weighted by Crippen LogP contribution is -2.12. The molecule has 0 bridgehead atoms. The molecule has 0 aliphatic rings. The molecule has 0 atom stereocenters. The zero-order valence-electron chi connectivity index (χ0n) is 10.9. The maximum absolute atomic E-state index is 11.8. The average Bonchev–Trinajstić information content (AvgIpc) is 2.49. The average molecular weight is 400 g/mol. The molecule has 0 aromatic heterocycles. The van der Waals surface area contributed by atoms with E-state index in [9.17, 15) is 9.13 Å². The Hall–Kier alpha value is 1.62. The van der Waals surface area contributed by atoms with Crippen molar-refractivity contribution < 1.29 is 9.13 Å². The van der Waals surface area contributed by atoms with E-state index in [4.69, 9.17) is 20.6 Å². The topological polar surface area (TPSA) is 162 Å². The van der Waals surface area contributed by atoms with E-state index in [1.54, 1.807) is 0 Å². The minimum absolute atomic E-state index is 0.606. The molecule has 8 nitrogen and oxygen atoms in total. The van der Waals surface area contributed by atoms with Crippen LogP contribution < -0.4 is 30.7 Å². The van der Waals surface area contributed by atoms with E-state index in [2.05, 4.69) is 10.2 Å². The molecule has 10 N–H and O–H groups in total. The lowest BCUT2D eigenvalue weighted by Gasteiger charge is -2.13. The van der Waals surface area contributed by atoms with Gasteiger partial charge in [-0.25, -0.2) is 10.2 Å². The van der Waals surface area contributed by atoms with Crippen LogP contribution in [0.15, 0.2) is 0 Å². The van der Waals surface area contributed by atoms with Crippen molar-refractivity contribution in [2.45, 2.75) is 25.7 Å². The van der Waals surface area contributed by atoms with Crippen LogP contribution in [-0.4, -0.2) is 13.1 Å². The Balaban J connectivity index is 3.55. The molecular weight excluding hydrogens is 378 g/mol. The highest BCUT2D eigenvalue weighted by atomic mass is 33.1. The Morgan fingerprint density at radius 1 is 0.650 bits per heavy atom. The molecule has 14 heteroatoms. The molecule has 0 unspecified atom stereocenters. The number of unbranched alkanes of at least 4 members (excludes halogenated alkanes) is 3. The molecule has 0 saturated heterocycles. The number of nitrogens with one attached hydrogen (secondary N) is 2. The summed E-state index contributed by atoms with van der Waals surface area (Å²) in [6.07, 6.45) is 3.68. The summed E-state index contributed by atoms with van der Waals surface area (Å²) in [5.41, 5.74) is -5.43. The summed E-state index contributed by atoms with van der Waals surface area (Å²) < 4.78 is 23.5. The van der Waals surface area contributed by atoms with E-state index in [0.29, 0.717) is 13.1 Å². The van der Waals surface area contributed by atoms with E-state index >= 15 is 0 Å². The molecule has 122 valence electrons. The van der Waals surface area contributed by atoms with E-state index in [1.165, 1.54) is 0 Å². The molecule has 0 fully saturated rings. The number of nitrogens with two attached hydrogens (primary N) is 4. The summed E-state index contributed by atoms with van der Waals surface area (Å²) >= 11 is 3.06. The van der Waals surface area contributed by atoms with Crippen LogP contribution in [-0.2, 0) is 9.13 Å². The van der Waals surface area contributed by atoms with E-state index < -0.39 is 11.4 Å². The van der Waals surface area contributed by atoms with E-state index in [1.807, 2.05) is 0 Å². The maximum atomic E-state index is 11.8. The first-order valence-corrected chi connectivity index (χ1v) is 15.0. The highest BCUT2D eigenvalue weighted by Crippen LogP contribution is 2.60. The van der Waals surface area contributed by atoms with Crippen molar-refractivity contribution in [3.05, 3.63) is 0 Å². The van der Waals surface area contributed by atoms with E-state index in [-0.39, 0.29) is 0 Å². The summed E-state index contributed by atoms with van der Waals surface area (Å²) in [5, 5.41) is 26.9. The second-order valence-electron chi connectivity index (χ2n) is 3.65. The summed E-state index contributed by atoms with van der Waals surface area (Å²) in [6.45, 7) is 1.21. The molecule has 20 heavy (non-hydrogen) atoms. The van der Waals surface area contributed by atoms with Crippen LogP contribution in [0.1, 0.15) is 25.7 Å². The van der Waals surface area contributed by atoms with Gasteiger partial charge < -0.3 is 0 Å². The van der Waals surface area contributed by atoms with Crippen LogP contribution >= 0.6 is 57.7 Å². The van der Waals surface area contributed by atoms with Gasteiger partial charge in [0.05, 0.1) is 0 Å². The van der Waals surface area contributed by atoms with Gasteiger partial charge in [0.2, 0.25) is 0 Å². The van der Waals surface area contributed by atoms with Gasteiger partial charge in [0, 0.05) is 59.4 Å². The van der Waals surface area contributed by atoms with Gasteiger partial charge in [0.15, 0.2) is 0 Å². The van der Waals surface area contributed by atoms with Gasteiger partial charge in [-0.05, 0) is 12.8 Å². The van der Waals surface area contributed by atoms with Crippen LogP contribution in [0.2, 0.25) is 0 Å². The molecule has 0 aliphatic carbocycles. The summed E-state index contributed by atoms with van der Waals surface area (Å²) in [4.78, 5) is 0. The minimum atomic E-state index is -2.72. The molecule has 0 aromatic rings. The Kier molecular flexibility index (Phi) is 13.1. The first-order valence-electron chi connectivity index (χ1n) is 5.69. The number of hydrogen-bond donors (Lipinski definition) is 6. The predicted octanol–water partition coefficient (Wildman–Crippen LogP) is 2.37. The van der Waals surface area contributed by atoms with Crippen LogP contribution in [0.5, 0.6) is 0 Å². The minimum Gasteiger partial charge on any atom is -0.280 e. The normalized spacial score (nSPS) is 12.8. The SMILES string of the molecule is NSP(=O)(NCCCCCCNP(=O)(SN)SN)SN. The van der Waals surface area contributed by atoms with Crippen molar-refractivity contribution in [2.24, 2.45) is 20.6 Å². The zero-order valence-corrected chi connectivity index (χ0v) is 16.0. The Labute approximate surface area is 136 Å². The monoisotopic (exact) mass is 400 g/mol. The van der Waals surface area contributed by atoms with Crippen LogP contribution in [0.3, 0.4) is 0 Å². The second kappa shape index (κ2) is 12.1. The lowest BCUT2D eigenvalue weighted by molar-refractivity contribution is 0.573. The smallest absolute Gasteiger partial charge is 0.280 e. The number of hydrogen-bond acceptors (Lipinski definition) is 10. The van der Waals surface area contributed by atoms with Crippen molar-refractivity contribution in [3.8, 4) is 0 Å². The van der Waals surface area contributed by atoms with Crippen molar-refractivity contribution in [1.29, 1.82) is 0 Å². The van der Waals surface area contributed by atoms with Gasteiger partial charge >= 0.3 is 0 Å². The quantitative estimate of drug-likeness (QED) is 0.152. The van der Waals surface area contributed by atoms with E-state index in [0.717, 1.165) is 72.0 Å². The Morgan fingerprint density at radius 2 is 0.950 bits per heavy atom. The first-order chi connectivity index (χ1) is 9.45. The van der Waals surface area contributed by atoms with Gasteiger partial charge in [0.25, 0.3) is 11.4 Å². The molecule has 0 radical (unpaired) electrons. The Morgan fingerprint density at radius 3 is 1.20 bits per heavy atom. The molecule has 0 spiro atoms. The van der Waals surface area contributed by atoms with Crippen molar-refractivity contribution >= 4 is 57.7 Å². The van der Waals surface area contributed by atoms with Gasteiger partial charge in [-0.3, -0.25) is 29.7 Å². The highest BCUT2D eigenvalue weighted by molar-refractivity contribution is 8.89. The second-order valence-corrected chi connectivity index (χ2v) is 17.2. The Bertz CT molecular complexity index is 303. The fourth-order valence-corrected chi connectivity index (χ4v) is 5.68. The molecule has 0 heterocycles. The molecule has 0 amide bonds. The third-order valence-electron chi connectivity index (χ3n) is 2.27. The summed E-state index contributed by atoms with van der Waals surface area (Å²) in [6, 6.07) is 0. The first kappa shape index (κ1) is 21.6. The number of rotatable bonds is 13. The van der Waals surface area contributed by atoms with Gasteiger partial charge in [-0.2, -0.15) is 0 Å². The fraction of sp³-hybridized carbons (Fsp3) is 1.00. The fourth-order valence-electron chi connectivity index (χ4n) is 1.23. The molecule has 0 rings (SSSR count). The third kappa shape index (κ3) is 9.60. The largest absolute Gasteiger partial charge is 0.283 e. The highest BCUT2D eigenvalue weighted by Gasteiger charge is 2.20. The van der Waals surface area contributed by atoms with Crippen molar-refractivity contribution in [1.82, 2.24) is 10.2 Å².